The SMILES string of the molecule is CN1CCC2(CC1)CCN(c1cc(Cl)ncc1C#Cc1cnn(C3CC3)c1)CC2. The maximum Gasteiger partial charge on any atom is 0.131 e. The smallest absolute Gasteiger partial charge is 0.131 e. The van der Waals surface area contributed by atoms with Crippen LogP contribution in [0.2, 0.25) is 5.15 Å². The lowest BCUT2D eigenvalue weighted by Gasteiger charge is -2.47. The largest absolute Gasteiger partial charge is 0.370 e. The van der Waals surface area contributed by atoms with E-state index in [1.54, 1.807) is 0 Å². The number of nitrogens with zero attached hydrogens (tertiary/aromatic N) is 5. The molecule has 0 unspecified atom stereocenters. The Bertz CT molecular complexity index is 934. The quantitative estimate of drug-likeness (QED) is 0.555. The van der Waals surface area contributed by atoms with Crippen molar-refractivity contribution in [2.45, 2.75) is 44.6 Å². The zero-order chi connectivity index (χ0) is 19.8. The lowest BCUT2D eigenvalue weighted by Crippen LogP contribution is -2.46. The summed E-state index contributed by atoms with van der Waals surface area (Å²) in [6, 6.07) is 2.56. The Labute approximate surface area is 178 Å². The fourth-order valence-corrected chi connectivity index (χ4v) is 4.83. The number of hydrogen-bond acceptors (Lipinski definition) is 4. The van der Waals surface area contributed by atoms with E-state index in [-0.39, 0.29) is 0 Å². The van der Waals surface area contributed by atoms with E-state index < -0.39 is 0 Å². The van der Waals surface area contributed by atoms with Crippen molar-refractivity contribution in [2.24, 2.45) is 5.41 Å². The minimum absolute atomic E-state index is 0.531. The molecule has 2 saturated heterocycles. The molecule has 0 atom stereocenters. The van der Waals surface area contributed by atoms with E-state index >= 15 is 0 Å². The van der Waals surface area contributed by atoms with Crippen LogP contribution in [0.4, 0.5) is 5.69 Å². The molecule has 152 valence electrons. The van der Waals surface area contributed by atoms with Crippen LogP contribution >= 0.6 is 11.6 Å². The van der Waals surface area contributed by atoms with Gasteiger partial charge in [-0.25, -0.2) is 4.98 Å². The first kappa shape index (κ1) is 19.0. The van der Waals surface area contributed by atoms with Gasteiger partial charge in [0.1, 0.15) is 5.15 Å². The van der Waals surface area contributed by atoms with Gasteiger partial charge < -0.3 is 9.80 Å². The summed E-state index contributed by atoms with van der Waals surface area (Å²) in [5, 5.41) is 4.97. The Kier molecular flexibility index (Phi) is 5.01. The van der Waals surface area contributed by atoms with Crippen LogP contribution in [0.5, 0.6) is 0 Å². The number of anilines is 1. The fraction of sp³-hybridized carbons (Fsp3) is 0.565. The summed E-state index contributed by atoms with van der Waals surface area (Å²) in [6.07, 6.45) is 13.3. The first-order valence-electron chi connectivity index (χ1n) is 10.8. The van der Waals surface area contributed by atoms with Crippen molar-refractivity contribution in [3.63, 3.8) is 0 Å². The van der Waals surface area contributed by atoms with Gasteiger partial charge in [0.2, 0.25) is 0 Å². The van der Waals surface area contributed by atoms with Gasteiger partial charge in [-0.1, -0.05) is 23.4 Å². The minimum atomic E-state index is 0.531. The highest BCUT2D eigenvalue weighted by Gasteiger charge is 2.37. The average molecular weight is 410 g/mol. The Hall–Kier alpha value is -2.03. The summed E-state index contributed by atoms with van der Waals surface area (Å²) in [5.74, 6) is 6.61. The number of hydrogen-bond donors (Lipinski definition) is 0. The number of likely N-dealkylation sites (tertiary alicyclic amines) is 1. The molecule has 1 spiro atoms. The lowest BCUT2D eigenvalue weighted by atomic mass is 9.71. The summed E-state index contributed by atoms with van der Waals surface area (Å²) in [6.45, 7) is 4.59. The summed E-state index contributed by atoms with van der Waals surface area (Å²) < 4.78 is 2.04. The highest BCUT2D eigenvalue weighted by Crippen LogP contribution is 2.42. The van der Waals surface area contributed by atoms with Crippen LogP contribution in [0.3, 0.4) is 0 Å². The minimum Gasteiger partial charge on any atom is -0.370 e. The van der Waals surface area contributed by atoms with Gasteiger partial charge in [-0.05, 0) is 64.1 Å². The van der Waals surface area contributed by atoms with E-state index in [2.05, 4.69) is 45.0 Å². The molecule has 1 aliphatic carbocycles. The van der Waals surface area contributed by atoms with Gasteiger partial charge in [-0.15, -0.1) is 0 Å². The Morgan fingerprint density at radius 3 is 2.48 bits per heavy atom. The van der Waals surface area contributed by atoms with Gasteiger partial charge >= 0.3 is 0 Å². The normalized spacial score (nSPS) is 21.8. The van der Waals surface area contributed by atoms with Crippen molar-refractivity contribution in [1.82, 2.24) is 19.7 Å². The highest BCUT2D eigenvalue weighted by molar-refractivity contribution is 6.29. The predicted molar refractivity (Wildman–Crippen MR) is 116 cm³/mol. The third kappa shape index (κ3) is 4.15. The molecular weight excluding hydrogens is 382 g/mol. The molecule has 1 saturated carbocycles. The van der Waals surface area contributed by atoms with Crippen LogP contribution in [-0.4, -0.2) is 52.9 Å². The average Bonchev–Trinajstić information content (AvgIpc) is 3.48. The first-order chi connectivity index (χ1) is 14.1. The van der Waals surface area contributed by atoms with E-state index in [0.29, 0.717) is 16.6 Å². The lowest BCUT2D eigenvalue weighted by molar-refractivity contribution is 0.0945. The van der Waals surface area contributed by atoms with E-state index in [0.717, 1.165) is 29.9 Å². The monoisotopic (exact) mass is 409 g/mol. The van der Waals surface area contributed by atoms with Gasteiger partial charge in [0.05, 0.1) is 29.1 Å². The zero-order valence-electron chi connectivity index (χ0n) is 17.1. The topological polar surface area (TPSA) is 37.2 Å². The Morgan fingerprint density at radius 2 is 1.76 bits per heavy atom. The maximum atomic E-state index is 6.25. The van der Waals surface area contributed by atoms with Crippen LogP contribution in [0.15, 0.2) is 24.7 Å². The van der Waals surface area contributed by atoms with E-state index in [1.165, 1.54) is 51.6 Å². The van der Waals surface area contributed by atoms with Crippen LogP contribution in [0, 0.1) is 17.3 Å². The van der Waals surface area contributed by atoms with Gasteiger partial charge in [0.25, 0.3) is 0 Å². The molecule has 2 aromatic heterocycles. The maximum absolute atomic E-state index is 6.25. The predicted octanol–water partition coefficient (Wildman–Crippen LogP) is 3.98. The van der Waals surface area contributed by atoms with E-state index in [9.17, 15) is 0 Å². The van der Waals surface area contributed by atoms with Gasteiger partial charge in [0, 0.05) is 31.5 Å². The molecule has 6 heteroatoms. The highest BCUT2D eigenvalue weighted by atomic mass is 35.5. The molecule has 2 aliphatic heterocycles. The van der Waals surface area contributed by atoms with Crippen LogP contribution in [-0.2, 0) is 0 Å². The molecule has 2 aromatic rings. The van der Waals surface area contributed by atoms with Crippen molar-refractivity contribution < 1.29 is 0 Å². The van der Waals surface area contributed by atoms with E-state index in [1.807, 2.05) is 23.1 Å². The second-order valence-corrected chi connectivity index (χ2v) is 9.39. The first-order valence-corrected chi connectivity index (χ1v) is 11.1. The van der Waals surface area contributed by atoms with Crippen LogP contribution in [0.25, 0.3) is 0 Å². The molecule has 3 aliphatic rings. The van der Waals surface area contributed by atoms with Crippen molar-refractivity contribution >= 4 is 17.3 Å². The molecule has 0 N–H and O–H groups in total. The van der Waals surface area contributed by atoms with Gasteiger partial charge in [-0.2, -0.15) is 5.10 Å². The molecule has 4 heterocycles. The van der Waals surface area contributed by atoms with Crippen molar-refractivity contribution in [3.05, 3.63) is 40.9 Å². The molecule has 0 radical (unpaired) electrons. The molecule has 0 amide bonds. The summed E-state index contributed by atoms with van der Waals surface area (Å²) in [4.78, 5) is 9.20. The van der Waals surface area contributed by atoms with Crippen molar-refractivity contribution in [2.75, 3.05) is 38.1 Å². The molecule has 0 bridgehead atoms. The van der Waals surface area contributed by atoms with Gasteiger partial charge in [-0.3, -0.25) is 4.68 Å². The number of halogens is 1. The third-order valence-corrected chi connectivity index (χ3v) is 7.13. The fourth-order valence-electron chi connectivity index (χ4n) is 4.67. The number of pyridine rings is 1. The van der Waals surface area contributed by atoms with Crippen LogP contribution in [0.1, 0.15) is 55.7 Å². The second-order valence-electron chi connectivity index (χ2n) is 9.00. The summed E-state index contributed by atoms with van der Waals surface area (Å²) in [7, 11) is 2.24. The summed E-state index contributed by atoms with van der Waals surface area (Å²) in [5.41, 5.74) is 3.56. The zero-order valence-corrected chi connectivity index (χ0v) is 17.8. The number of rotatable bonds is 2. The number of piperidine rings is 2. The van der Waals surface area contributed by atoms with Crippen molar-refractivity contribution in [3.8, 4) is 11.8 Å². The number of aromatic nitrogens is 3. The van der Waals surface area contributed by atoms with Gasteiger partial charge in [0.15, 0.2) is 0 Å². The third-order valence-electron chi connectivity index (χ3n) is 6.93. The molecule has 29 heavy (non-hydrogen) atoms. The molecule has 5 rings (SSSR count). The Morgan fingerprint density at radius 1 is 1.03 bits per heavy atom. The molecule has 0 aromatic carbocycles. The molecular formula is C23H28ClN5. The van der Waals surface area contributed by atoms with Crippen molar-refractivity contribution in [1.29, 1.82) is 0 Å². The summed E-state index contributed by atoms with van der Waals surface area (Å²) >= 11 is 6.25. The molecule has 5 nitrogen and oxygen atoms in total. The second kappa shape index (κ2) is 7.66. The van der Waals surface area contributed by atoms with E-state index in [4.69, 9.17) is 11.6 Å². The standard InChI is InChI=1S/C23H28ClN5/c1-27-10-6-23(7-11-27)8-12-28(13-9-23)21-14-22(24)25-16-19(21)3-2-18-15-26-29(17-18)20-4-5-20/h14-17,20H,4-13H2,1H3. The Balaban J connectivity index is 1.33. The van der Waals surface area contributed by atoms with Crippen LogP contribution < -0.4 is 4.90 Å². The molecule has 3 fully saturated rings.